The second-order valence-corrected chi connectivity index (χ2v) is 7.35. The quantitative estimate of drug-likeness (QED) is 0.664. The number of nitrogens with zero attached hydrogens (tertiary/aromatic N) is 4. The van der Waals surface area contributed by atoms with E-state index in [1.807, 2.05) is 11.5 Å². The largest absolute Gasteiger partial charge is 0.302 e. The summed E-state index contributed by atoms with van der Waals surface area (Å²) in [6.45, 7) is 4.36. The number of carbonyl (C=O) groups is 1. The van der Waals surface area contributed by atoms with E-state index in [9.17, 15) is 9.18 Å². The van der Waals surface area contributed by atoms with Crippen LogP contribution in [0.3, 0.4) is 0 Å². The molecule has 9 heteroatoms. The van der Waals surface area contributed by atoms with Crippen LogP contribution >= 0.6 is 23.1 Å². The van der Waals surface area contributed by atoms with Crippen LogP contribution in [0, 0.1) is 5.82 Å². The Morgan fingerprint density at radius 3 is 2.96 bits per heavy atom. The first-order valence-corrected chi connectivity index (χ1v) is 9.40. The van der Waals surface area contributed by atoms with Gasteiger partial charge >= 0.3 is 0 Å². The van der Waals surface area contributed by atoms with E-state index in [1.54, 1.807) is 30.6 Å². The predicted octanol–water partition coefficient (Wildman–Crippen LogP) is 3.68. The maximum atomic E-state index is 13.5. The zero-order chi connectivity index (χ0) is 17.8. The van der Waals surface area contributed by atoms with Crippen molar-refractivity contribution in [3.05, 3.63) is 41.7 Å². The molecule has 6 nitrogen and oxygen atoms in total. The summed E-state index contributed by atoms with van der Waals surface area (Å²) < 4.78 is 15.3. The third-order valence-electron chi connectivity index (χ3n) is 3.43. The molecule has 1 aromatic carbocycles. The van der Waals surface area contributed by atoms with Gasteiger partial charge in [-0.25, -0.2) is 9.37 Å². The molecule has 3 rings (SSSR count). The van der Waals surface area contributed by atoms with Gasteiger partial charge in [0.1, 0.15) is 5.82 Å². The van der Waals surface area contributed by atoms with E-state index in [4.69, 9.17) is 0 Å². The van der Waals surface area contributed by atoms with E-state index >= 15 is 0 Å². The molecule has 25 heavy (non-hydrogen) atoms. The molecule has 0 saturated heterocycles. The maximum absolute atomic E-state index is 13.5. The molecule has 2 heterocycles. The fourth-order valence-corrected chi connectivity index (χ4v) is 3.65. The number of thiazole rings is 1. The van der Waals surface area contributed by atoms with Crippen LogP contribution in [-0.4, -0.2) is 30.9 Å². The van der Waals surface area contributed by atoms with Gasteiger partial charge in [-0.3, -0.25) is 4.79 Å². The number of rotatable bonds is 6. The van der Waals surface area contributed by atoms with Gasteiger partial charge in [-0.15, -0.1) is 21.5 Å². The van der Waals surface area contributed by atoms with Gasteiger partial charge in [0.25, 0.3) is 0 Å². The molecule has 0 bridgehead atoms. The van der Waals surface area contributed by atoms with Gasteiger partial charge in [0.15, 0.2) is 16.1 Å². The Bertz CT molecular complexity index is 865. The van der Waals surface area contributed by atoms with E-state index in [0.717, 1.165) is 0 Å². The fourth-order valence-electron chi connectivity index (χ4n) is 2.21. The lowest BCUT2D eigenvalue weighted by atomic mass is 10.2. The molecule has 0 spiro atoms. The topological polar surface area (TPSA) is 72.7 Å². The summed E-state index contributed by atoms with van der Waals surface area (Å²) in [6, 6.07) is 6.22. The number of carbonyl (C=O) groups excluding carboxylic acids is 1. The average molecular weight is 377 g/mol. The first kappa shape index (κ1) is 17.6. The Kier molecular flexibility index (Phi) is 5.44. The summed E-state index contributed by atoms with van der Waals surface area (Å²) in [5.41, 5.74) is 0.654. The zero-order valence-corrected chi connectivity index (χ0v) is 15.3. The van der Waals surface area contributed by atoms with E-state index < -0.39 is 0 Å². The van der Waals surface area contributed by atoms with Gasteiger partial charge in [0, 0.05) is 23.7 Å². The lowest BCUT2D eigenvalue weighted by Crippen LogP contribution is -2.22. The second kappa shape index (κ2) is 7.75. The van der Waals surface area contributed by atoms with Crippen molar-refractivity contribution < 1.29 is 9.18 Å². The third kappa shape index (κ3) is 4.05. The average Bonchev–Trinajstić information content (AvgIpc) is 3.24. The monoisotopic (exact) mass is 377 g/mol. The van der Waals surface area contributed by atoms with Crippen molar-refractivity contribution in [2.24, 2.45) is 0 Å². The van der Waals surface area contributed by atoms with Crippen LogP contribution in [0.2, 0.25) is 0 Å². The molecular weight excluding hydrogens is 361 g/mol. The van der Waals surface area contributed by atoms with Gasteiger partial charge in [-0.1, -0.05) is 23.9 Å². The molecule has 0 aliphatic heterocycles. The molecule has 2 aromatic heterocycles. The van der Waals surface area contributed by atoms with Crippen molar-refractivity contribution in [1.82, 2.24) is 19.7 Å². The number of hydrogen-bond acceptors (Lipinski definition) is 6. The van der Waals surface area contributed by atoms with Crippen molar-refractivity contribution in [2.75, 3.05) is 5.32 Å². The Morgan fingerprint density at radius 1 is 1.44 bits per heavy atom. The Hall–Kier alpha value is -2.26. The van der Waals surface area contributed by atoms with E-state index in [0.29, 0.717) is 28.2 Å². The molecule has 1 unspecified atom stereocenters. The molecule has 1 N–H and O–H groups in total. The van der Waals surface area contributed by atoms with Crippen molar-refractivity contribution in [2.45, 2.75) is 30.8 Å². The van der Waals surface area contributed by atoms with Gasteiger partial charge in [0.2, 0.25) is 5.91 Å². The molecule has 0 saturated carbocycles. The predicted molar refractivity (Wildman–Crippen MR) is 97.2 cm³/mol. The summed E-state index contributed by atoms with van der Waals surface area (Å²) >= 11 is 2.67. The Labute approximate surface area is 152 Å². The molecule has 1 amide bonds. The summed E-state index contributed by atoms with van der Waals surface area (Å²) in [4.78, 5) is 16.3. The standard InChI is InChI=1S/C16H16FN5OS2/c1-3-22-13(11-5-4-6-12(17)9-11)20-21-16(22)25-10(2)14(23)19-15-18-7-8-24-15/h4-10H,3H2,1-2H3,(H,18,19,23). The Balaban J connectivity index is 1.77. The molecule has 0 radical (unpaired) electrons. The number of benzene rings is 1. The van der Waals surface area contributed by atoms with E-state index in [2.05, 4.69) is 20.5 Å². The van der Waals surface area contributed by atoms with Crippen LogP contribution in [0.5, 0.6) is 0 Å². The highest BCUT2D eigenvalue weighted by Crippen LogP contribution is 2.27. The van der Waals surface area contributed by atoms with E-state index in [-0.39, 0.29) is 17.0 Å². The van der Waals surface area contributed by atoms with Crippen LogP contribution in [0.25, 0.3) is 11.4 Å². The number of thioether (sulfide) groups is 1. The van der Waals surface area contributed by atoms with Gasteiger partial charge < -0.3 is 9.88 Å². The van der Waals surface area contributed by atoms with Crippen LogP contribution in [-0.2, 0) is 11.3 Å². The van der Waals surface area contributed by atoms with Crippen LogP contribution in [0.15, 0.2) is 41.0 Å². The molecule has 0 fully saturated rings. The van der Waals surface area contributed by atoms with Crippen molar-refractivity contribution in [3.8, 4) is 11.4 Å². The van der Waals surface area contributed by atoms with Crippen molar-refractivity contribution >= 4 is 34.1 Å². The molecular formula is C16H16FN5OS2. The van der Waals surface area contributed by atoms with E-state index in [1.165, 1.54) is 35.2 Å². The minimum absolute atomic E-state index is 0.155. The maximum Gasteiger partial charge on any atom is 0.239 e. The first-order valence-electron chi connectivity index (χ1n) is 7.64. The third-order valence-corrected chi connectivity index (χ3v) is 5.20. The molecule has 0 aliphatic carbocycles. The SMILES string of the molecule is CCn1c(SC(C)C(=O)Nc2nccs2)nnc1-c1cccc(F)c1. The second-order valence-electron chi connectivity index (χ2n) is 5.15. The highest BCUT2D eigenvalue weighted by atomic mass is 32.2. The number of aromatic nitrogens is 4. The highest BCUT2D eigenvalue weighted by Gasteiger charge is 2.21. The summed E-state index contributed by atoms with van der Waals surface area (Å²) in [7, 11) is 0. The van der Waals surface area contributed by atoms with Gasteiger partial charge in [-0.05, 0) is 26.0 Å². The zero-order valence-electron chi connectivity index (χ0n) is 13.6. The minimum Gasteiger partial charge on any atom is -0.302 e. The lowest BCUT2D eigenvalue weighted by Gasteiger charge is -2.11. The normalized spacial score (nSPS) is 12.1. The number of nitrogens with one attached hydrogen (secondary N) is 1. The van der Waals surface area contributed by atoms with Gasteiger partial charge in [0.05, 0.1) is 5.25 Å². The summed E-state index contributed by atoms with van der Waals surface area (Å²) in [5, 5.41) is 13.7. The first-order chi connectivity index (χ1) is 12.1. The summed E-state index contributed by atoms with van der Waals surface area (Å²) in [6.07, 6.45) is 1.64. The molecule has 1 atom stereocenters. The van der Waals surface area contributed by atoms with Crippen molar-refractivity contribution in [3.63, 3.8) is 0 Å². The molecule has 3 aromatic rings. The Morgan fingerprint density at radius 2 is 2.28 bits per heavy atom. The summed E-state index contributed by atoms with van der Waals surface area (Å²) in [5.74, 6) is 0.100. The molecule has 130 valence electrons. The van der Waals surface area contributed by atoms with Gasteiger partial charge in [-0.2, -0.15) is 0 Å². The fraction of sp³-hybridized carbons (Fsp3) is 0.250. The van der Waals surface area contributed by atoms with Crippen LogP contribution in [0.1, 0.15) is 13.8 Å². The van der Waals surface area contributed by atoms with Crippen LogP contribution < -0.4 is 5.32 Å². The van der Waals surface area contributed by atoms with Crippen LogP contribution in [0.4, 0.5) is 9.52 Å². The number of halogens is 1. The highest BCUT2D eigenvalue weighted by molar-refractivity contribution is 8.00. The minimum atomic E-state index is -0.376. The number of hydrogen-bond donors (Lipinski definition) is 1. The molecule has 0 aliphatic rings. The van der Waals surface area contributed by atoms with Crippen molar-refractivity contribution in [1.29, 1.82) is 0 Å². The number of anilines is 1. The smallest absolute Gasteiger partial charge is 0.239 e. The lowest BCUT2D eigenvalue weighted by molar-refractivity contribution is -0.115. The number of amides is 1.